The maximum Gasteiger partial charge on any atom is 0.164 e. The molecule has 9 aromatic rings. The van der Waals surface area contributed by atoms with E-state index in [1.165, 1.54) is 35.1 Å². The molecule has 0 unspecified atom stereocenters. The van der Waals surface area contributed by atoms with Crippen molar-refractivity contribution in [3.8, 4) is 45.3 Å². The fraction of sp³-hybridized carbons (Fsp3) is 0.0889. The van der Waals surface area contributed by atoms with Gasteiger partial charge in [0, 0.05) is 32.8 Å². The highest BCUT2D eigenvalue weighted by atomic mass is 16.3. The van der Waals surface area contributed by atoms with Crippen molar-refractivity contribution < 1.29 is 4.42 Å². The molecular formula is C45H31N3O. The first-order valence-electron chi connectivity index (χ1n) is 17.1. The van der Waals surface area contributed by atoms with Crippen LogP contribution in [0.3, 0.4) is 0 Å². The fourth-order valence-corrected chi connectivity index (χ4v) is 7.84. The molecule has 4 heteroatoms. The Morgan fingerprint density at radius 3 is 1.96 bits per heavy atom. The van der Waals surface area contributed by atoms with E-state index in [1.54, 1.807) is 0 Å². The molecular weight excluding hydrogens is 599 g/mol. The quantitative estimate of drug-likeness (QED) is 0.194. The van der Waals surface area contributed by atoms with Gasteiger partial charge in [-0.05, 0) is 76.2 Å². The van der Waals surface area contributed by atoms with Crippen LogP contribution in [0.4, 0.5) is 0 Å². The summed E-state index contributed by atoms with van der Waals surface area (Å²) in [5.41, 5.74) is 9.82. The van der Waals surface area contributed by atoms with Crippen molar-refractivity contribution in [1.29, 1.82) is 0 Å². The van der Waals surface area contributed by atoms with Gasteiger partial charge in [0.25, 0.3) is 0 Å². The predicted octanol–water partition coefficient (Wildman–Crippen LogP) is 11.6. The molecule has 0 amide bonds. The third kappa shape index (κ3) is 4.56. The van der Waals surface area contributed by atoms with E-state index in [9.17, 15) is 0 Å². The Hall–Kier alpha value is -6.13. The van der Waals surface area contributed by atoms with Gasteiger partial charge in [0.15, 0.2) is 17.5 Å². The summed E-state index contributed by atoms with van der Waals surface area (Å²) in [6, 6.07) is 49.0. The molecule has 10 rings (SSSR count). The van der Waals surface area contributed by atoms with Gasteiger partial charge in [-0.3, -0.25) is 0 Å². The standard InChI is InChI=1S/C45H31N3O/c1-2-13-30(14-3-1)38-27-39-41-37(25-12-26-40(41)49-42(39)34-22-9-8-21-33(34)38)45-47-43(35-23-10-17-28-15-4-6-19-31(28)35)46-44(48-45)36-24-11-18-29-16-5-7-20-32(29)36/h1-4,6,8-15,17-19,21-27H,5,7,16,20H2. The van der Waals surface area contributed by atoms with Crippen LogP contribution in [-0.4, -0.2) is 15.0 Å². The van der Waals surface area contributed by atoms with E-state index in [4.69, 9.17) is 19.4 Å². The summed E-state index contributed by atoms with van der Waals surface area (Å²) in [4.78, 5) is 15.8. The van der Waals surface area contributed by atoms with Crippen molar-refractivity contribution in [3.05, 3.63) is 151 Å². The van der Waals surface area contributed by atoms with Gasteiger partial charge in [-0.25, -0.2) is 15.0 Å². The smallest absolute Gasteiger partial charge is 0.164 e. The molecule has 2 aromatic heterocycles. The number of hydrogen-bond donors (Lipinski definition) is 0. The number of nitrogens with zero attached hydrogens (tertiary/aromatic N) is 3. The summed E-state index contributed by atoms with van der Waals surface area (Å²) in [6.07, 6.45) is 4.52. The summed E-state index contributed by atoms with van der Waals surface area (Å²) in [7, 11) is 0. The van der Waals surface area contributed by atoms with Crippen molar-refractivity contribution >= 4 is 43.5 Å². The average molecular weight is 630 g/mol. The molecule has 0 atom stereocenters. The maximum absolute atomic E-state index is 6.71. The molecule has 4 nitrogen and oxygen atoms in total. The topological polar surface area (TPSA) is 51.8 Å². The van der Waals surface area contributed by atoms with Crippen LogP contribution in [-0.2, 0) is 12.8 Å². The van der Waals surface area contributed by atoms with Gasteiger partial charge in [0.1, 0.15) is 11.2 Å². The van der Waals surface area contributed by atoms with Crippen molar-refractivity contribution in [2.45, 2.75) is 25.7 Å². The van der Waals surface area contributed by atoms with Crippen LogP contribution >= 0.6 is 0 Å². The fourth-order valence-electron chi connectivity index (χ4n) is 7.84. The van der Waals surface area contributed by atoms with Gasteiger partial charge in [0.2, 0.25) is 0 Å². The highest BCUT2D eigenvalue weighted by Gasteiger charge is 2.22. The van der Waals surface area contributed by atoms with Crippen molar-refractivity contribution in [3.63, 3.8) is 0 Å². The van der Waals surface area contributed by atoms with E-state index in [1.807, 2.05) is 6.07 Å². The highest BCUT2D eigenvalue weighted by molar-refractivity contribution is 6.22. The Balaban J connectivity index is 1.28. The molecule has 0 aliphatic heterocycles. The van der Waals surface area contributed by atoms with Gasteiger partial charge >= 0.3 is 0 Å². The van der Waals surface area contributed by atoms with Crippen molar-refractivity contribution in [2.24, 2.45) is 0 Å². The zero-order chi connectivity index (χ0) is 32.3. The first-order valence-corrected chi connectivity index (χ1v) is 17.1. The zero-order valence-corrected chi connectivity index (χ0v) is 26.9. The largest absolute Gasteiger partial charge is 0.455 e. The summed E-state index contributed by atoms with van der Waals surface area (Å²) in [6.45, 7) is 0. The minimum absolute atomic E-state index is 0.643. The molecule has 1 aliphatic carbocycles. The molecule has 1 aliphatic rings. The molecule has 49 heavy (non-hydrogen) atoms. The number of fused-ring (bicyclic) bond motifs is 7. The molecule has 7 aromatic carbocycles. The average Bonchev–Trinajstić information content (AvgIpc) is 3.56. The number of aromatic nitrogens is 3. The molecule has 0 bridgehead atoms. The molecule has 0 saturated carbocycles. The Kier molecular flexibility index (Phi) is 6.41. The zero-order valence-electron chi connectivity index (χ0n) is 26.9. The number of rotatable bonds is 4. The van der Waals surface area contributed by atoms with Gasteiger partial charge in [-0.2, -0.15) is 0 Å². The summed E-state index contributed by atoms with van der Waals surface area (Å²) >= 11 is 0. The second-order valence-corrected chi connectivity index (χ2v) is 13.0. The minimum Gasteiger partial charge on any atom is -0.455 e. The third-order valence-electron chi connectivity index (χ3n) is 10.1. The first kappa shape index (κ1) is 27.9. The van der Waals surface area contributed by atoms with Gasteiger partial charge in [0.05, 0.1) is 0 Å². The summed E-state index contributed by atoms with van der Waals surface area (Å²) in [5.74, 6) is 2.03. The number of aryl methyl sites for hydroxylation is 1. The van der Waals surface area contributed by atoms with Crippen LogP contribution in [0.2, 0.25) is 0 Å². The van der Waals surface area contributed by atoms with Crippen LogP contribution in [0.25, 0.3) is 88.8 Å². The van der Waals surface area contributed by atoms with E-state index < -0.39 is 0 Å². The SMILES string of the molecule is c1ccc(-c2cc3c(oc4cccc(-c5nc(-c6cccc7c6CCCC7)nc(-c6cccc7ccccc67)n5)c43)c3ccccc23)cc1. The highest BCUT2D eigenvalue weighted by Crippen LogP contribution is 2.43. The van der Waals surface area contributed by atoms with E-state index in [2.05, 4.69) is 133 Å². The lowest BCUT2D eigenvalue weighted by atomic mass is 9.88. The van der Waals surface area contributed by atoms with E-state index >= 15 is 0 Å². The van der Waals surface area contributed by atoms with E-state index in [0.717, 1.165) is 73.0 Å². The summed E-state index contributed by atoms with van der Waals surface area (Å²) < 4.78 is 6.71. The Labute approximate surface area is 283 Å². The van der Waals surface area contributed by atoms with Crippen LogP contribution in [0.15, 0.2) is 144 Å². The monoisotopic (exact) mass is 629 g/mol. The molecule has 0 spiro atoms. The maximum atomic E-state index is 6.71. The molecule has 0 radical (unpaired) electrons. The third-order valence-corrected chi connectivity index (χ3v) is 10.1. The second-order valence-electron chi connectivity index (χ2n) is 13.0. The second kappa shape index (κ2) is 11.2. The lowest BCUT2D eigenvalue weighted by Crippen LogP contribution is -2.07. The van der Waals surface area contributed by atoms with Crippen LogP contribution in [0.5, 0.6) is 0 Å². The van der Waals surface area contributed by atoms with Crippen LogP contribution in [0.1, 0.15) is 24.0 Å². The van der Waals surface area contributed by atoms with E-state index in [-0.39, 0.29) is 0 Å². The molecule has 0 saturated heterocycles. The lowest BCUT2D eigenvalue weighted by molar-refractivity contribution is 0.672. The first-order chi connectivity index (χ1) is 24.3. The Bertz CT molecular complexity index is 2720. The van der Waals surface area contributed by atoms with Gasteiger partial charge in [-0.1, -0.05) is 127 Å². The van der Waals surface area contributed by atoms with E-state index in [0.29, 0.717) is 17.5 Å². The molecule has 0 N–H and O–H groups in total. The van der Waals surface area contributed by atoms with Gasteiger partial charge < -0.3 is 4.42 Å². The molecule has 0 fully saturated rings. The summed E-state index contributed by atoms with van der Waals surface area (Å²) in [5, 5.41) is 6.59. The number of benzene rings is 7. The Morgan fingerprint density at radius 2 is 1.08 bits per heavy atom. The molecule has 2 heterocycles. The lowest BCUT2D eigenvalue weighted by Gasteiger charge is -2.19. The Morgan fingerprint density at radius 1 is 0.449 bits per heavy atom. The minimum atomic E-state index is 0.643. The number of furan rings is 1. The normalized spacial score (nSPS) is 13.0. The van der Waals surface area contributed by atoms with Crippen molar-refractivity contribution in [2.75, 3.05) is 0 Å². The predicted molar refractivity (Wildman–Crippen MR) is 201 cm³/mol. The number of hydrogen-bond acceptors (Lipinski definition) is 4. The molecule has 232 valence electrons. The van der Waals surface area contributed by atoms with Crippen LogP contribution in [0, 0.1) is 0 Å². The van der Waals surface area contributed by atoms with Crippen LogP contribution < -0.4 is 0 Å². The van der Waals surface area contributed by atoms with Crippen molar-refractivity contribution in [1.82, 2.24) is 15.0 Å². The van der Waals surface area contributed by atoms with Gasteiger partial charge in [-0.15, -0.1) is 0 Å².